The number of nitrogens with one attached hydrogen (secondary N) is 1. The number of amides is 1. The SMILES string of the molecule is CC[C@](C)(O)C(=O)Nc1cc(Br)nc(OC)c1. The zero-order valence-electron chi connectivity index (χ0n) is 9.95. The molecular weight excluding hydrogens is 288 g/mol. The van der Waals surface area contributed by atoms with Gasteiger partial charge in [-0.2, -0.15) is 0 Å². The van der Waals surface area contributed by atoms with Crippen LogP contribution in [0.1, 0.15) is 20.3 Å². The molecule has 1 heterocycles. The molecule has 1 aromatic heterocycles. The number of methoxy groups -OCH3 is 1. The van der Waals surface area contributed by atoms with Gasteiger partial charge in [0.1, 0.15) is 10.2 Å². The molecule has 0 saturated carbocycles. The summed E-state index contributed by atoms with van der Waals surface area (Å²) in [6.45, 7) is 3.21. The third-order valence-corrected chi connectivity index (χ3v) is 2.82. The molecule has 0 unspecified atom stereocenters. The van der Waals surface area contributed by atoms with Crippen molar-refractivity contribution < 1.29 is 14.6 Å². The van der Waals surface area contributed by atoms with Gasteiger partial charge in [0.15, 0.2) is 0 Å². The Bertz CT molecular complexity index is 421. The van der Waals surface area contributed by atoms with Gasteiger partial charge in [-0.3, -0.25) is 4.79 Å². The first-order valence-corrected chi connectivity index (χ1v) is 5.93. The van der Waals surface area contributed by atoms with Gasteiger partial charge in [0.2, 0.25) is 5.88 Å². The van der Waals surface area contributed by atoms with E-state index in [1.165, 1.54) is 14.0 Å². The molecule has 5 nitrogen and oxygen atoms in total. The van der Waals surface area contributed by atoms with Crippen LogP contribution < -0.4 is 10.1 Å². The van der Waals surface area contributed by atoms with Crippen LogP contribution in [0.5, 0.6) is 5.88 Å². The number of pyridine rings is 1. The lowest BCUT2D eigenvalue weighted by molar-refractivity contribution is -0.132. The van der Waals surface area contributed by atoms with E-state index in [4.69, 9.17) is 4.74 Å². The number of carbonyl (C=O) groups is 1. The van der Waals surface area contributed by atoms with Crippen LogP contribution in [0.3, 0.4) is 0 Å². The average molecular weight is 303 g/mol. The Morgan fingerprint density at radius 2 is 2.29 bits per heavy atom. The van der Waals surface area contributed by atoms with Gasteiger partial charge in [0.25, 0.3) is 5.91 Å². The highest BCUT2D eigenvalue weighted by Gasteiger charge is 2.27. The van der Waals surface area contributed by atoms with Crippen molar-refractivity contribution in [1.29, 1.82) is 0 Å². The fourth-order valence-electron chi connectivity index (χ4n) is 1.08. The summed E-state index contributed by atoms with van der Waals surface area (Å²) in [5, 5.41) is 12.4. The van der Waals surface area contributed by atoms with Crippen molar-refractivity contribution in [2.45, 2.75) is 25.9 Å². The van der Waals surface area contributed by atoms with Crippen molar-refractivity contribution in [1.82, 2.24) is 4.98 Å². The van der Waals surface area contributed by atoms with Crippen molar-refractivity contribution in [3.05, 3.63) is 16.7 Å². The van der Waals surface area contributed by atoms with E-state index in [-0.39, 0.29) is 0 Å². The molecule has 0 saturated heterocycles. The summed E-state index contributed by atoms with van der Waals surface area (Å²) in [5.74, 6) is -0.0778. The Kier molecular flexibility index (Phi) is 4.47. The minimum Gasteiger partial charge on any atom is -0.481 e. The van der Waals surface area contributed by atoms with Gasteiger partial charge < -0.3 is 15.2 Å². The summed E-state index contributed by atoms with van der Waals surface area (Å²) in [6, 6.07) is 3.21. The summed E-state index contributed by atoms with van der Waals surface area (Å²) in [7, 11) is 1.49. The van der Waals surface area contributed by atoms with Crippen LogP contribution >= 0.6 is 15.9 Å². The number of ether oxygens (including phenoxy) is 1. The van der Waals surface area contributed by atoms with E-state index in [1.54, 1.807) is 19.1 Å². The fourth-order valence-corrected chi connectivity index (χ4v) is 1.50. The lowest BCUT2D eigenvalue weighted by atomic mass is 10.0. The first kappa shape index (κ1) is 13.9. The van der Waals surface area contributed by atoms with E-state index >= 15 is 0 Å². The van der Waals surface area contributed by atoms with Gasteiger partial charge in [-0.15, -0.1) is 0 Å². The minimum absolute atomic E-state index is 0.336. The summed E-state index contributed by atoms with van der Waals surface area (Å²) in [5.41, 5.74) is -0.870. The van der Waals surface area contributed by atoms with Crippen LogP contribution in [0.25, 0.3) is 0 Å². The Balaban J connectivity index is 2.88. The second-order valence-electron chi connectivity index (χ2n) is 3.80. The van der Waals surface area contributed by atoms with Gasteiger partial charge >= 0.3 is 0 Å². The Hall–Kier alpha value is -1.14. The molecule has 0 fully saturated rings. The number of halogens is 1. The van der Waals surface area contributed by atoms with Gasteiger partial charge in [-0.1, -0.05) is 6.92 Å². The number of aliphatic hydroxyl groups is 1. The molecule has 0 bridgehead atoms. The molecule has 1 aromatic rings. The number of nitrogens with zero attached hydrogens (tertiary/aromatic N) is 1. The zero-order chi connectivity index (χ0) is 13.1. The second-order valence-corrected chi connectivity index (χ2v) is 4.61. The topological polar surface area (TPSA) is 71.5 Å². The monoisotopic (exact) mass is 302 g/mol. The van der Waals surface area contributed by atoms with Gasteiger partial charge in [-0.05, 0) is 35.3 Å². The van der Waals surface area contributed by atoms with Crippen molar-refractivity contribution in [2.75, 3.05) is 12.4 Å². The Morgan fingerprint density at radius 3 is 2.82 bits per heavy atom. The predicted octanol–water partition coefficient (Wildman–Crippen LogP) is 1.95. The maximum atomic E-state index is 11.7. The number of aromatic nitrogens is 1. The lowest BCUT2D eigenvalue weighted by Crippen LogP contribution is -2.39. The van der Waals surface area contributed by atoms with Gasteiger partial charge in [-0.25, -0.2) is 4.98 Å². The van der Waals surface area contributed by atoms with Crippen LogP contribution in [-0.2, 0) is 4.79 Å². The first-order chi connectivity index (χ1) is 7.89. The molecule has 0 aliphatic carbocycles. The number of anilines is 1. The number of carbonyl (C=O) groups excluding carboxylic acids is 1. The number of hydrogen-bond donors (Lipinski definition) is 2. The van der Waals surface area contributed by atoms with E-state index in [2.05, 4.69) is 26.2 Å². The highest BCUT2D eigenvalue weighted by molar-refractivity contribution is 9.10. The third kappa shape index (κ3) is 3.67. The van der Waals surface area contributed by atoms with E-state index in [0.717, 1.165) is 0 Å². The maximum absolute atomic E-state index is 11.7. The quantitative estimate of drug-likeness (QED) is 0.834. The Labute approximate surface area is 108 Å². The van der Waals surface area contributed by atoms with Crippen molar-refractivity contribution in [2.24, 2.45) is 0 Å². The summed E-state index contributed by atoms with van der Waals surface area (Å²) in [4.78, 5) is 15.8. The number of rotatable bonds is 4. The first-order valence-electron chi connectivity index (χ1n) is 5.14. The molecule has 0 radical (unpaired) electrons. The van der Waals surface area contributed by atoms with Crippen LogP contribution in [0, 0.1) is 0 Å². The van der Waals surface area contributed by atoms with E-state index in [9.17, 15) is 9.90 Å². The molecule has 1 rings (SSSR count). The van der Waals surface area contributed by atoms with Crippen molar-refractivity contribution in [3.8, 4) is 5.88 Å². The smallest absolute Gasteiger partial charge is 0.256 e. The summed E-state index contributed by atoms with van der Waals surface area (Å²) >= 11 is 3.21. The molecule has 0 aliphatic heterocycles. The van der Waals surface area contributed by atoms with Crippen molar-refractivity contribution in [3.63, 3.8) is 0 Å². The molecular formula is C11H15BrN2O3. The molecule has 0 aliphatic rings. The van der Waals surface area contributed by atoms with Gasteiger partial charge in [0.05, 0.1) is 7.11 Å². The molecule has 17 heavy (non-hydrogen) atoms. The highest BCUT2D eigenvalue weighted by Crippen LogP contribution is 2.21. The fraction of sp³-hybridized carbons (Fsp3) is 0.455. The second kappa shape index (κ2) is 5.46. The van der Waals surface area contributed by atoms with Crippen LogP contribution in [0.15, 0.2) is 16.7 Å². The molecule has 6 heteroatoms. The van der Waals surface area contributed by atoms with E-state index in [1.807, 2.05) is 0 Å². The van der Waals surface area contributed by atoms with Gasteiger partial charge in [0, 0.05) is 11.8 Å². The van der Waals surface area contributed by atoms with E-state index < -0.39 is 11.5 Å². The average Bonchev–Trinajstić information content (AvgIpc) is 2.28. The zero-order valence-corrected chi connectivity index (χ0v) is 11.5. The maximum Gasteiger partial charge on any atom is 0.256 e. The summed E-state index contributed by atoms with van der Waals surface area (Å²) < 4.78 is 5.52. The molecule has 1 amide bonds. The molecule has 94 valence electrons. The number of hydrogen-bond acceptors (Lipinski definition) is 4. The molecule has 1 atom stereocenters. The lowest BCUT2D eigenvalue weighted by Gasteiger charge is -2.20. The largest absolute Gasteiger partial charge is 0.481 e. The van der Waals surface area contributed by atoms with E-state index in [0.29, 0.717) is 22.6 Å². The molecule has 2 N–H and O–H groups in total. The summed E-state index contributed by atoms with van der Waals surface area (Å²) in [6.07, 6.45) is 0.336. The highest BCUT2D eigenvalue weighted by atomic mass is 79.9. The predicted molar refractivity (Wildman–Crippen MR) is 68.0 cm³/mol. The van der Waals surface area contributed by atoms with Crippen LogP contribution in [0.2, 0.25) is 0 Å². The molecule has 0 aromatic carbocycles. The normalized spacial score (nSPS) is 13.9. The third-order valence-electron chi connectivity index (χ3n) is 2.42. The molecule has 0 spiro atoms. The van der Waals surface area contributed by atoms with Crippen molar-refractivity contribution >= 4 is 27.5 Å². The Morgan fingerprint density at radius 1 is 1.65 bits per heavy atom. The standard InChI is InChI=1S/C11H15BrN2O3/c1-4-11(2,16)10(15)13-7-5-8(12)14-9(6-7)17-3/h5-6,16H,4H2,1-3H3,(H,13,14,15)/t11-/m0/s1. The van der Waals surface area contributed by atoms with Crippen LogP contribution in [-0.4, -0.2) is 28.7 Å². The minimum atomic E-state index is -1.39. The van der Waals surface area contributed by atoms with Crippen LogP contribution in [0.4, 0.5) is 5.69 Å².